The quantitative estimate of drug-likeness (QED) is 0.137. The van der Waals surface area contributed by atoms with Crippen LogP contribution in [0.5, 0.6) is 0 Å². The molecule has 0 N–H and O–H groups in total. The van der Waals surface area contributed by atoms with Gasteiger partial charge in [0.15, 0.2) is 0 Å². The van der Waals surface area contributed by atoms with Crippen molar-refractivity contribution in [3.05, 3.63) is 0 Å². The lowest BCUT2D eigenvalue weighted by atomic mass is 10.0. The molecule has 0 atom stereocenters. The van der Waals surface area contributed by atoms with Crippen LogP contribution in [0.1, 0.15) is 149 Å². The van der Waals surface area contributed by atoms with Crippen LogP contribution in [0.2, 0.25) is 0 Å². The van der Waals surface area contributed by atoms with Crippen LogP contribution in [0.15, 0.2) is 0 Å². The Morgan fingerprint density at radius 3 is 0.893 bits per heavy atom. The normalized spacial score (nSPS) is 11.1. The maximum atomic E-state index is 2.67. The van der Waals surface area contributed by atoms with E-state index in [0.717, 1.165) is 0 Å². The number of hydrogen-bond acceptors (Lipinski definition) is 1. The van der Waals surface area contributed by atoms with Gasteiger partial charge >= 0.3 is 0 Å². The Kier molecular flexibility index (Phi) is 30.0. The number of halogens is 1. The fraction of sp³-hybridized carbons (Fsp3) is 1.00. The second-order valence-corrected chi connectivity index (χ2v) is 8.80. The highest BCUT2D eigenvalue weighted by Crippen LogP contribution is 2.14. The molecule has 0 aliphatic heterocycles. The van der Waals surface area contributed by atoms with Crippen LogP contribution < -0.4 is 0 Å². The van der Waals surface area contributed by atoms with Gasteiger partial charge in [-0.2, -0.15) is 0 Å². The molecule has 0 rings (SSSR count). The highest BCUT2D eigenvalue weighted by molar-refractivity contribution is 8.93. The van der Waals surface area contributed by atoms with Crippen LogP contribution in [-0.4, -0.2) is 24.5 Å². The summed E-state index contributed by atoms with van der Waals surface area (Å²) >= 11 is 0. The van der Waals surface area contributed by atoms with E-state index < -0.39 is 0 Å². The van der Waals surface area contributed by atoms with Crippen molar-refractivity contribution >= 4 is 17.0 Å². The lowest BCUT2D eigenvalue weighted by molar-refractivity contribution is 0.273. The summed E-state index contributed by atoms with van der Waals surface area (Å²) in [5.41, 5.74) is 0. The van der Waals surface area contributed by atoms with Gasteiger partial charge in [0.05, 0.1) is 0 Å². The minimum atomic E-state index is 0. The van der Waals surface area contributed by atoms with Crippen LogP contribution in [0.25, 0.3) is 0 Å². The third kappa shape index (κ3) is 24.5. The van der Waals surface area contributed by atoms with Crippen molar-refractivity contribution < 1.29 is 0 Å². The Hall–Kier alpha value is 0.440. The Labute approximate surface area is 190 Å². The summed E-state index contributed by atoms with van der Waals surface area (Å²) in [4.78, 5) is 2.67. The van der Waals surface area contributed by atoms with Crippen LogP contribution >= 0.6 is 17.0 Å². The van der Waals surface area contributed by atoms with Crippen molar-refractivity contribution in [3.63, 3.8) is 0 Å². The number of unbranched alkanes of at least 4 members (excludes halogenated alkanes) is 18. The molecule has 28 heavy (non-hydrogen) atoms. The molecule has 0 radical (unpaired) electrons. The topological polar surface area (TPSA) is 3.24 Å². The van der Waals surface area contributed by atoms with E-state index in [0.29, 0.717) is 0 Å². The van der Waals surface area contributed by atoms with Gasteiger partial charge in [-0.3, -0.25) is 0 Å². The van der Waals surface area contributed by atoms with Gasteiger partial charge in [0, 0.05) is 0 Å². The predicted molar refractivity (Wildman–Crippen MR) is 136 cm³/mol. The van der Waals surface area contributed by atoms with Crippen molar-refractivity contribution in [2.45, 2.75) is 149 Å². The first-order chi connectivity index (χ1) is 13.3. The summed E-state index contributed by atoms with van der Waals surface area (Å²) in [7, 11) is 0. The maximum absolute atomic E-state index is 2.67. The fourth-order valence-corrected chi connectivity index (χ4v) is 4.07. The van der Waals surface area contributed by atoms with Gasteiger partial charge in [0.1, 0.15) is 0 Å². The van der Waals surface area contributed by atoms with E-state index in [1.165, 1.54) is 148 Å². The van der Waals surface area contributed by atoms with Crippen molar-refractivity contribution in [3.8, 4) is 0 Å². The van der Waals surface area contributed by atoms with E-state index in [1.807, 2.05) is 0 Å². The summed E-state index contributed by atoms with van der Waals surface area (Å²) in [6.45, 7) is 10.8. The number of rotatable bonds is 23. The molecular formula is C26H56BrN. The molecule has 0 fully saturated rings. The molecule has 2 heteroatoms. The van der Waals surface area contributed by atoms with Crippen LogP contribution in [0, 0.1) is 0 Å². The first-order valence-electron chi connectivity index (χ1n) is 13.1. The molecule has 0 aromatic carbocycles. The van der Waals surface area contributed by atoms with Crippen molar-refractivity contribution in [1.29, 1.82) is 0 Å². The summed E-state index contributed by atoms with van der Waals surface area (Å²) < 4.78 is 0. The molecule has 0 aliphatic rings. The standard InChI is InChI=1S/C26H55N.BrH/c1-4-7-9-11-12-13-14-15-16-17-18-19-20-21-22-24-26-27(6-3)25-23-10-8-5-2;/h4-26H2,1-3H3;1H. The Balaban J connectivity index is 0. The first-order valence-corrected chi connectivity index (χ1v) is 13.1. The smallest absolute Gasteiger partial charge is 0.00189 e. The zero-order valence-electron chi connectivity index (χ0n) is 20.1. The average molecular weight is 463 g/mol. The second kappa shape index (κ2) is 27.4. The van der Waals surface area contributed by atoms with Crippen LogP contribution in [-0.2, 0) is 0 Å². The lowest BCUT2D eigenvalue weighted by Crippen LogP contribution is -2.25. The number of nitrogens with zero attached hydrogens (tertiary/aromatic N) is 1. The van der Waals surface area contributed by atoms with E-state index in [2.05, 4.69) is 25.7 Å². The van der Waals surface area contributed by atoms with Crippen LogP contribution in [0.3, 0.4) is 0 Å². The van der Waals surface area contributed by atoms with E-state index in [9.17, 15) is 0 Å². The molecule has 172 valence electrons. The van der Waals surface area contributed by atoms with Crippen LogP contribution in [0.4, 0.5) is 0 Å². The molecule has 0 unspecified atom stereocenters. The predicted octanol–water partition coefficient (Wildman–Crippen LogP) is 9.73. The van der Waals surface area contributed by atoms with Gasteiger partial charge in [-0.25, -0.2) is 0 Å². The molecule has 0 saturated carbocycles. The van der Waals surface area contributed by atoms with E-state index in [-0.39, 0.29) is 17.0 Å². The van der Waals surface area contributed by atoms with Gasteiger partial charge < -0.3 is 4.90 Å². The Bertz CT molecular complexity index is 257. The van der Waals surface area contributed by atoms with E-state index in [4.69, 9.17) is 0 Å². The zero-order valence-corrected chi connectivity index (χ0v) is 21.8. The third-order valence-corrected chi connectivity index (χ3v) is 6.10. The van der Waals surface area contributed by atoms with Gasteiger partial charge in [-0.15, -0.1) is 17.0 Å². The molecule has 0 spiro atoms. The SMILES string of the molecule is Br.CCCCCCCCCCCCCCCCCCN(CC)CCCCCC. The summed E-state index contributed by atoms with van der Waals surface area (Å²) in [6.07, 6.45) is 29.0. The molecule has 0 aliphatic carbocycles. The van der Waals surface area contributed by atoms with Gasteiger partial charge in [-0.05, 0) is 32.5 Å². The second-order valence-electron chi connectivity index (χ2n) is 8.80. The minimum Gasteiger partial charge on any atom is -0.304 e. The Morgan fingerprint density at radius 1 is 0.357 bits per heavy atom. The van der Waals surface area contributed by atoms with E-state index >= 15 is 0 Å². The minimum absolute atomic E-state index is 0. The highest BCUT2D eigenvalue weighted by atomic mass is 79.9. The molecule has 1 nitrogen and oxygen atoms in total. The molecule has 0 saturated heterocycles. The molecule has 0 heterocycles. The molecule has 0 bridgehead atoms. The maximum Gasteiger partial charge on any atom is -0.00189 e. The van der Waals surface area contributed by atoms with Gasteiger partial charge in [0.25, 0.3) is 0 Å². The average Bonchev–Trinajstić information content (AvgIpc) is 2.69. The van der Waals surface area contributed by atoms with Gasteiger partial charge in [0.2, 0.25) is 0 Å². The van der Waals surface area contributed by atoms with Crippen molar-refractivity contribution in [2.24, 2.45) is 0 Å². The summed E-state index contributed by atoms with van der Waals surface area (Å²) in [6, 6.07) is 0. The largest absolute Gasteiger partial charge is 0.304 e. The molecule has 0 aromatic heterocycles. The first kappa shape index (κ1) is 30.6. The van der Waals surface area contributed by atoms with E-state index in [1.54, 1.807) is 0 Å². The highest BCUT2D eigenvalue weighted by Gasteiger charge is 2.01. The lowest BCUT2D eigenvalue weighted by Gasteiger charge is -2.20. The zero-order chi connectivity index (χ0) is 19.8. The molecular weight excluding hydrogens is 406 g/mol. The third-order valence-electron chi connectivity index (χ3n) is 6.10. The van der Waals surface area contributed by atoms with Gasteiger partial charge in [-0.1, -0.05) is 136 Å². The summed E-state index contributed by atoms with van der Waals surface area (Å²) in [5.74, 6) is 0. The molecule has 0 amide bonds. The Morgan fingerprint density at radius 2 is 0.607 bits per heavy atom. The molecule has 0 aromatic rings. The van der Waals surface area contributed by atoms with Crippen molar-refractivity contribution in [1.82, 2.24) is 4.90 Å². The monoisotopic (exact) mass is 461 g/mol. The summed E-state index contributed by atoms with van der Waals surface area (Å²) in [5, 5.41) is 0. The fourth-order valence-electron chi connectivity index (χ4n) is 4.07. The van der Waals surface area contributed by atoms with Crippen molar-refractivity contribution in [2.75, 3.05) is 19.6 Å². The number of hydrogen-bond donors (Lipinski definition) is 0.